The molecular weight excluding hydrogens is 601 g/mol. The molecular formula is C45H30N2S. The van der Waals surface area contributed by atoms with E-state index in [9.17, 15) is 0 Å². The molecule has 3 heteroatoms. The zero-order valence-electron chi connectivity index (χ0n) is 25.3. The Bertz CT molecular complexity index is 3010. The van der Waals surface area contributed by atoms with Gasteiger partial charge in [-0.25, -0.2) is 0 Å². The van der Waals surface area contributed by atoms with E-state index in [1.807, 2.05) is 11.3 Å². The standard InChI is InChI=1S/C44H26N2S.CH4/c1-2-10-31(11-3-1)45-37-14-6-4-12-33(37)35-24-28(19-21-38(35)45)30-23-29-18-17-27-9-8-15-39-43(27)44(29)40(25-30)46(39)32-20-22-42-36(26-32)34-13-5-7-16-41(34)47-42;/h1-26H;1H4. The Morgan fingerprint density at radius 3 is 1.98 bits per heavy atom. The second-order valence-corrected chi connectivity index (χ2v) is 13.7. The molecule has 0 spiro atoms. The Kier molecular flexibility index (Phi) is 5.70. The van der Waals surface area contributed by atoms with Crippen LogP contribution in [0.2, 0.25) is 0 Å². The topological polar surface area (TPSA) is 9.86 Å². The fourth-order valence-corrected chi connectivity index (χ4v) is 9.09. The first-order chi connectivity index (χ1) is 23.3. The third-order valence-corrected chi connectivity index (χ3v) is 11.2. The highest BCUT2D eigenvalue weighted by Gasteiger charge is 2.20. The number of benzene rings is 8. The summed E-state index contributed by atoms with van der Waals surface area (Å²) in [6.45, 7) is 0. The highest BCUT2D eigenvalue weighted by atomic mass is 32.1. The Balaban J connectivity index is 0.00000295. The number of hydrogen-bond acceptors (Lipinski definition) is 1. The molecule has 226 valence electrons. The van der Waals surface area contributed by atoms with Crippen LogP contribution in [0.5, 0.6) is 0 Å². The van der Waals surface area contributed by atoms with E-state index in [0.717, 1.165) is 0 Å². The van der Waals surface area contributed by atoms with Crippen molar-refractivity contribution in [2.75, 3.05) is 0 Å². The third-order valence-electron chi connectivity index (χ3n) is 10.0. The Morgan fingerprint density at radius 1 is 0.354 bits per heavy atom. The largest absolute Gasteiger partial charge is 0.309 e. The second kappa shape index (κ2) is 10.0. The first kappa shape index (κ1) is 27.2. The first-order valence-corrected chi connectivity index (χ1v) is 16.9. The van der Waals surface area contributed by atoms with E-state index in [1.54, 1.807) is 0 Å². The van der Waals surface area contributed by atoms with Gasteiger partial charge >= 0.3 is 0 Å². The summed E-state index contributed by atoms with van der Waals surface area (Å²) >= 11 is 1.87. The van der Waals surface area contributed by atoms with Crippen molar-refractivity contribution < 1.29 is 0 Å². The normalized spacial score (nSPS) is 12.0. The van der Waals surface area contributed by atoms with E-state index in [2.05, 4.69) is 167 Å². The predicted octanol–water partition coefficient (Wildman–Crippen LogP) is 13.1. The summed E-state index contributed by atoms with van der Waals surface area (Å²) in [5, 5.41) is 10.4. The van der Waals surface area contributed by atoms with Crippen molar-refractivity contribution in [3.63, 3.8) is 0 Å². The summed E-state index contributed by atoms with van der Waals surface area (Å²) in [4.78, 5) is 0. The molecule has 0 fully saturated rings. The zero-order chi connectivity index (χ0) is 30.6. The smallest absolute Gasteiger partial charge is 0.0553 e. The summed E-state index contributed by atoms with van der Waals surface area (Å²) in [6, 6.07) is 58.3. The van der Waals surface area contributed by atoms with Gasteiger partial charge in [0.05, 0.1) is 22.1 Å². The molecule has 0 aliphatic carbocycles. The first-order valence-electron chi connectivity index (χ1n) is 16.1. The summed E-state index contributed by atoms with van der Waals surface area (Å²) in [6.07, 6.45) is 0. The molecule has 0 amide bonds. The van der Waals surface area contributed by atoms with Crippen molar-refractivity contribution in [3.05, 3.63) is 158 Å². The van der Waals surface area contributed by atoms with Gasteiger partial charge in [0.15, 0.2) is 0 Å². The van der Waals surface area contributed by atoms with Crippen LogP contribution in [0.4, 0.5) is 0 Å². The van der Waals surface area contributed by atoms with Crippen LogP contribution in [0.1, 0.15) is 7.43 Å². The van der Waals surface area contributed by atoms with Crippen molar-refractivity contribution in [2.24, 2.45) is 0 Å². The predicted molar refractivity (Wildman–Crippen MR) is 209 cm³/mol. The van der Waals surface area contributed by atoms with E-state index in [1.165, 1.54) is 97.1 Å². The molecule has 11 rings (SSSR count). The fraction of sp³-hybridized carbons (Fsp3) is 0.0222. The number of rotatable bonds is 3. The minimum absolute atomic E-state index is 0. The summed E-state index contributed by atoms with van der Waals surface area (Å²) in [5.74, 6) is 0. The van der Waals surface area contributed by atoms with Crippen molar-refractivity contribution in [3.8, 4) is 22.5 Å². The monoisotopic (exact) mass is 630 g/mol. The summed E-state index contributed by atoms with van der Waals surface area (Å²) < 4.78 is 7.53. The summed E-state index contributed by atoms with van der Waals surface area (Å²) in [5.41, 5.74) is 9.77. The molecule has 3 aromatic heterocycles. The van der Waals surface area contributed by atoms with Gasteiger partial charge in [-0.1, -0.05) is 92.4 Å². The van der Waals surface area contributed by atoms with E-state index in [4.69, 9.17) is 0 Å². The van der Waals surface area contributed by atoms with Gasteiger partial charge in [0, 0.05) is 53.1 Å². The van der Waals surface area contributed by atoms with Crippen molar-refractivity contribution in [1.82, 2.24) is 9.13 Å². The van der Waals surface area contributed by atoms with E-state index >= 15 is 0 Å². The number of thiophene rings is 1. The van der Waals surface area contributed by atoms with Crippen LogP contribution in [-0.2, 0) is 0 Å². The minimum atomic E-state index is 0. The average molecular weight is 631 g/mol. The van der Waals surface area contributed by atoms with Gasteiger partial charge in [-0.3, -0.25) is 0 Å². The lowest BCUT2D eigenvalue weighted by atomic mass is 9.96. The highest BCUT2D eigenvalue weighted by molar-refractivity contribution is 7.25. The van der Waals surface area contributed by atoms with Gasteiger partial charge in [0.1, 0.15) is 0 Å². The van der Waals surface area contributed by atoms with Gasteiger partial charge in [-0.15, -0.1) is 11.3 Å². The number of para-hydroxylation sites is 2. The van der Waals surface area contributed by atoms with E-state index < -0.39 is 0 Å². The molecule has 0 atom stereocenters. The van der Waals surface area contributed by atoms with Gasteiger partial charge in [0.25, 0.3) is 0 Å². The molecule has 11 aromatic rings. The molecule has 0 unspecified atom stereocenters. The molecule has 0 aliphatic heterocycles. The van der Waals surface area contributed by atoms with E-state index in [-0.39, 0.29) is 7.43 Å². The number of hydrogen-bond donors (Lipinski definition) is 0. The van der Waals surface area contributed by atoms with Crippen LogP contribution in [0.25, 0.3) is 97.1 Å². The third kappa shape index (κ3) is 3.68. The zero-order valence-corrected chi connectivity index (χ0v) is 26.1. The maximum atomic E-state index is 2.49. The number of fused-ring (bicyclic) bond motifs is 6. The number of aromatic nitrogens is 2. The van der Waals surface area contributed by atoms with Crippen molar-refractivity contribution in [2.45, 2.75) is 7.43 Å². The number of nitrogens with zero attached hydrogens (tertiary/aromatic N) is 2. The molecule has 0 saturated carbocycles. The van der Waals surface area contributed by atoms with Crippen LogP contribution >= 0.6 is 11.3 Å². The molecule has 0 saturated heterocycles. The molecule has 0 N–H and O–H groups in total. The Hall–Kier alpha value is -5.90. The molecule has 3 heterocycles. The lowest BCUT2D eigenvalue weighted by Gasteiger charge is -2.11. The second-order valence-electron chi connectivity index (χ2n) is 12.6. The molecule has 2 nitrogen and oxygen atoms in total. The fourth-order valence-electron chi connectivity index (χ4n) is 8.00. The lowest BCUT2D eigenvalue weighted by Crippen LogP contribution is -1.94. The quantitative estimate of drug-likeness (QED) is 0.172. The lowest BCUT2D eigenvalue weighted by molar-refractivity contribution is 1.18. The minimum Gasteiger partial charge on any atom is -0.309 e. The van der Waals surface area contributed by atoms with Crippen molar-refractivity contribution >= 4 is 85.9 Å². The average Bonchev–Trinajstić information content (AvgIpc) is 3.78. The van der Waals surface area contributed by atoms with Crippen LogP contribution in [-0.4, -0.2) is 9.13 Å². The summed E-state index contributed by atoms with van der Waals surface area (Å²) in [7, 11) is 0. The van der Waals surface area contributed by atoms with Gasteiger partial charge in [0.2, 0.25) is 0 Å². The highest BCUT2D eigenvalue weighted by Crippen LogP contribution is 2.43. The van der Waals surface area contributed by atoms with Crippen LogP contribution < -0.4 is 0 Å². The molecule has 0 aliphatic rings. The maximum Gasteiger partial charge on any atom is 0.0553 e. The van der Waals surface area contributed by atoms with Crippen LogP contribution in [0.3, 0.4) is 0 Å². The SMILES string of the molecule is C.c1ccc(-n2c3ccccc3c3cc(-c4cc5ccc6cccc7c6c5c(c4)n7-c4ccc5sc6ccccc6c5c4)ccc32)cc1. The molecule has 48 heavy (non-hydrogen) atoms. The Morgan fingerprint density at radius 2 is 1.06 bits per heavy atom. The Labute approximate surface area is 281 Å². The van der Waals surface area contributed by atoms with Gasteiger partial charge < -0.3 is 9.13 Å². The van der Waals surface area contributed by atoms with Gasteiger partial charge in [-0.05, 0) is 94.7 Å². The van der Waals surface area contributed by atoms with Gasteiger partial charge in [-0.2, -0.15) is 0 Å². The van der Waals surface area contributed by atoms with Crippen molar-refractivity contribution in [1.29, 1.82) is 0 Å². The van der Waals surface area contributed by atoms with E-state index in [0.29, 0.717) is 0 Å². The molecule has 0 radical (unpaired) electrons. The van der Waals surface area contributed by atoms with Crippen LogP contribution in [0.15, 0.2) is 158 Å². The molecule has 0 bridgehead atoms. The molecule has 8 aromatic carbocycles. The van der Waals surface area contributed by atoms with Crippen LogP contribution in [0, 0.1) is 0 Å². The maximum absolute atomic E-state index is 2.49.